The molecule has 4 heteroatoms. The van der Waals surface area contributed by atoms with Gasteiger partial charge in [0.15, 0.2) is 5.66 Å². The van der Waals surface area contributed by atoms with E-state index in [1.54, 1.807) is 12.2 Å². The summed E-state index contributed by atoms with van der Waals surface area (Å²) in [6.07, 6.45) is 6.82. The Kier molecular flexibility index (Phi) is 3.79. The zero-order chi connectivity index (χ0) is 12.2. The number of aliphatic imine (C=N–C) groups is 2. The first-order valence-electron chi connectivity index (χ1n) is 5.68. The summed E-state index contributed by atoms with van der Waals surface area (Å²) in [6, 6.07) is 0. The summed E-state index contributed by atoms with van der Waals surface area (Å²) in [4.78, 5) is 28.8. The van der Waals surface area contributed by atoms with Crippen LogP contribution in [0.4, 0.5) is 0 Å². The molecule has 0 spiro atoms. The lowest BCUT2D eigenvalue weighted by Crippen LogP contribution is -2.44. The second-order valence-corrected chi connectivity index (χ2v) is 5.09. The molecule has 1 saturated carbocycles. The molecule has 0 N–H and O–H groups in total. The molecule has 0 aromatic heterocycles. The van der Waals surface area contributed by atoms with Crippen LogP contribution in [-0.4, -0.2) is 17.8 Å². The monoisotopic (exact) mass is 222 g/mol. The maximum absolute atomic E-state index is 10.6. The van der Waals surface area contributed by atoms with Crippen molar-refractivity contribution in [3.05, 3.63) is 0 Å². The molecule has 1 rings (SSSR count). The van der Waals surface area contributed by atoms with Crippen LogP contribution in [0.25, 0.3) is 0 Å². The van der Waals surface area contributed by atoms with Gasteiger partial charge in [-0.05, 0) is 18.8 Å². The number of carbonyl (C=O) groups excluding carboxylic acids is 2. The minimum Gasteiger partial charge on any atom is -0.211 e. The maximum Gasteiger partial charge on any atom is 0.237 e. The summed E-state index contributed by atoms with van der Waals surface area (Å²) in [7, 11) is 0. The second kappa shape index (κ2) is 4.73. The van der Waals surface area contributed by atoms with Gasteiger partial charge >= 0.3 is 0 Å². The lowest BCUT2D eigenvalue weighted by Gasteiger charge is -2.41. The van der Waals surface area contributed by atoms with Crippen molar-refractivity contribution in [1.29, 1.82) is 0 Å². The van der Waals surface area contributed by atoms with E-state index in [1.165, 1.54) is 0 Å². The zero-order valence-electron chi connectivity index (χ0n) is 10.1. The number of hydrogen-bond donors (Lipinski definition) is 0. The van der Waals surface area contributed by atoms with E-state index in [4.69, 9.17) is 0 Å². The van der Waals surface area contributed by atoms with Crippen molar-refractivity contribution in [2.24, 2.45) is 21.3 Å². The van der Waals surface area contributed by atoms with Gasteiger partial charge in [-0.2, -0.15) is 9.98 Å². The van der Waals surface area contributed by atoms with Crippen LogP contribution in [0.5, 0.6) is 0 Å². The lowest BCUT2D eigenvalue weighted by atomic mass is 9.69. The number of nitrogens with zero attached hydrogens (tertiary/aromatic N) is 2. The van der Waals surface area contributed by atoms with Gasteiger partial charge in [-0.1, -0.05) is 33.6 Å². The SMILES string of the molecule is CC1CCCCC(N=C=O)(N=C=O)C1(C)C. The molecule has 88 valence electrons. The van der Waals surface area contributed by atoms with Crippen LogP contribution in [0, 0.1) is 11.3 Å². The molecule has 16 heavy (non-hydrogen) atoms. The molecule has 1 fully saturated rings. The smallest absolute Gasteiger partial charge is 0.211 e. The van der Waals surface area contributed by atoms with Crippen LogP contribution in [0.1, 0.15) is 46.5 Å². The van der Waals surface area contributed by atoms with E-state index >= 15 is 0 Å². The zero-order valence-corrected chi connectivity index (χ0v) is 10.1. The second-order valence-electron chi connectivity index (χ2n) is 5.09. The van der Waals surface area contributed by atoms with E-state index in [-0.39, 0.29) is 5.41 Å². The fourth-order valence-corrected chi connectivity index (χ4v) is 2.48. The third kappa shape index (κ3) is 1.99. The summed E-state index contributed by atoms with van der Waals surface area (Å²) in [5, 5.41) is 0. The van der Waals surface area contributed by atoms with Crippen molar-refractivity contribution in [1.82, 2.24) is 0 Å². The first-order chi connectivity index (χ1) is 7.50. The Morgan fingerprint density at radius 2 is 1.69 bits per heavy atom. The van der Waals surface area contributed by atoms with Crippen LogP contribution in [0.2, 0.25) is 0 Å². The summed E-state index contributed by atoms with van der Waals surface area (Å²) in [6.45, 7) is 6.12. The maximum atomic E-state index is 10.6. The normalized spacial score (nSPS) is 33.1. The average Bonchev–Trinajstić information content (AvgIpc) is 2.32. The predicted octanol–water partition coefficient (Wildman–Crippen LogP) is 2.59. The third-order valence-electron chi connectivity index (χ3n) is 4.14. The van der Waals surface area contributed by atoms with Crippen molar-refractivity contribution < 1.29 is 9.59 Å². The van der Waals surface area contributed by atoms with Crippen molar-refractivity contribution in [2.75, 3.05) is 0 Å². The van der Waals surface area contributed by atoms with Gasteiger partial charge in [-0.25, -0.2) is 9.59 Å². The standard InChI is InChI=1S/C12H18N2O2/c1-10-6-4-5-7-12(13-8-15,14-9-16)11(10,2)3/h10H,4-7H2,1-3H3. The molecule has 0 aliphatic heterocycles. The van der Waals surface area contributed by atoms with Crippen LogP contribution in [-0.2, 0) is 9.59 Å². The lowest BCUT2D eigenvalue weighted by molar-refractivity contribution is 0.104. The van der Waals surface area contributed by atoms with E-state index in [9.17, 15) is 9.59 Å². The Morgan fingerprint density at radius 1 is 1.12 bits per heavy atom. The molecule has 0 aromatic carbocycles. The predicted molar refractivity (Wildman–Crippen MR) is 60.4 cm³/mol. The number of isocyanates is 2. The molecule has 0 saturated heterocycles. The third-order valence-corrected chi connectivity index (χ3v) is 4.14. The Balaban J connectivity index is 3.30. The molecule has 0 heterocycles. The molecule has 0 bridgehead atoms. The molecule has 1 aliphatic carbocycles. The molecule has 0 radical (unpaired) electrons. The number of hydrogen-bond acceptors (Lipinski definition) is 4. The summed E-state index contributed by atoms with van der Waals surface area (Å²) in [5.74, 6) is 0.351. The molecule has 1 atom stereocenters. The van der Waals surface area contributed by atoms with E-state index in [1.807, 2.05) is 13.8 Å². The highest BCUT2D eigenvalue weighted by Crippen LogP contribution is 2.48. The average molecular weight is 222 g/mol. The van der Waals surface area contributed by atoms with Gasteiger partial charge in [-0.3, -0.25) is 0 Å². The Bertz CT molecular complexity index is 332. The highest BCUT2D eigenvalue weighted by molar-refractivity contribution is 5.40. The van der Waals surface area contributed by atoms with Crippen LogP contribution in [0.15, 0.2) is 9.98 Å². The van der Waals surface area contributed by atoms with Gasteiger partial charge in [0.2, 0.25) is 12.2 Å². The van der Waals surface area contributed by atoms with Crippen LogP contribution in [0.3, 0.4) is 0 Å². The van der Waals surface area contributed by atoms with Crippen molar-refractivity contribution in [3.8, 4) is 0 Å². The summed E-state index contributed by atoms with van der Waals surface area (Å²) >= 11 is 0. The van der Waals surface area contributed by atoms with Crippen molar-refractivity contribution in [3.63, 3.8) is 0 Å². The Hall–Kier alpha value is -1.24. The minimum atomic E-state index is -0.966. The molecule has 1 aliphatic rings. The quantitative estimate of drug-likeness (QED) is 0.409. The summed E-state index contributed by atoms with van der Waals surface area (Å²) < 4.78 is 0. The molecule has 4 nitrogen and oxygen atoms in total. The highest BCUT2D eigenvalue weighted by Gasteiger charge is 2.49. The van der Waals surface area contributed by atoms with Crippen molar-refractivity contribution >= 4 is 12.2 Å². The largest absolute Gasteiger partial charge is 0.237 e. The Morgan fingerprint density at radius 3 is 2.19 bits per heavy atom. The molecular formula is C12H18N2O2. The molecule has 0 aromatic rings. The van der Waals surface area contributed by atoms with Gasteiger partial charge in [0.1, 0.15) is 0 Å². The van der Waals surface area contributed by atoms with Gasteiger partial charge in [-0.15, -0.1) is 0 Å². The van der Waals surface area contributed by atoms with Crippen molar-refractivity contribution in [2.45, 2.75) is 52.1 Å². The van der Waals surface area contributed by atoms with Gasteiger partial charge in [0.25, 0.3) is 0 Å². The fraction of sp³-hybridized carbons (Fsp3) is 0.833. The fourth-order valence-electron chi connectivity index (χ4n) is 2.48. The van der Waals surface area contributed by atoms with Crippen LogP contribution < -0.4 is 0 Å². The van der Waals surface area contributed by atoms with Gasteiger partial charge in [0, 0.05) is 5.41 Å². The van der Waals surface area contributed by atoms with Gasteiger partial charge < -0.3 is 0 Å². The molecule has 1 unspecified atom stereocenters. The van der Waals surface area contributed by atoms with E-state index < -0.39 is 5.66 Å². The van der Waals surface area contributed by atoms with E-state index in [0.29, 0.717) is 12.3 Å². The highest BCUT2D eigenvalue weighted by atomic mass is 16.1. The molecular weight excluding hydrogens is 204 g/mol. The minimum absolute atomic E-state index is 0.321. The number of rotatable bonds is 2. The topological polar surface area (TPSA) is 58.9 Å². The van der Waals surface area contributed by atoms with E-state index in [0.717, 1.165) is 19.3 Å². The van der Waals surface area contributed by atoms with Crippen LogP contribution >= 0.6 is 0 Å². The first-order valence-corrected chi connectivity index (χ1v) is 5.68. The van der Waals surface area contributed by atoms with E-state index in [2.05, 4.69) is 16.9 Å². The van der Waals surface area contributed by atoms with Gasteiger partial charge in [0.05, 0.1) is 0 Å². The summed E-state index contributed by atoms with van der Waals surface area (Å²) in [5.41, 5.74) is -1.29. The molecule has 0 amide bonds. The Labute approximate surface area is 95.9 Å². The first kappa shape index (κ1) is 12.8.